The van der Waals surface area contributed by atoms with Crippen LogP contribution in [0.4, 0.5) is 0 Å². The van der Waals surface area contributed by atoms with Crippen LogP contribution in [-0.4, -0.2) is 47.1 Å². The van der Waals surface area contributed by atoms with Crippen LogP contribution in [0.1, 0.15) is 46.5 Å². The summed E-state index contributed by atoms with van der Waals surface area (Å²) >= 11 is 0. The standard InChI is InChI=1S/C14H26N2O3/c1-4-10(2)15-14(19)11(3)16-7-5-12(6-8-16)9-13(17)18/h10-12H,4-9H2,1-3H3,(H,15,19)(H,17,18). The van der Waals surface area contributed by atoms with Crippen LogP contribution in [0, 0.1) is 5.92 Å². The minimum atomic E-state index is -0.721. The molecular weight excluding hydrogens is 244 g/mol. The number of carbonyl (C=O) groups excluding carboxylic acids is 1. The number of carboxylic acid groups (broad SMARTS) is 1. The van der Waals surface area contributed by atoms with Gasteiger partial charge in [0.25, 0.3) is 0 Å². The van der Waals surface area contributed by atoms with E-state index in [0.717, 1.165) is 32.4 Å². The molecule has 0 aliphatic carbocycles. The van der Waals surface area contributed by atoms with Crippen LogP contribution in [0.15, 0.2) is 0 Å². The molecule has 0 aromatic carbocycles. The summed E-state index contributed by atoms with van der Waals surface area (Å²) in [6.45, 7) is 7.60. The van der Waals surface area contributed by atoms with Crippen LogP contribution < -0.4 is 5.32 Å². The van der Waals surface area contributed by atoms with Crippen LogP contribution in [-0.2, 0) is 9.59 Å². The fourth-order valence-corrected chi connectivity index (χ4v) is 2.42. The largest absolute Gasteiger partial charge is 0.481 e. The molecule has 0 saturated carbocycles. The van der Waals surface area contributed by atoms with Crippen LogP contribution in [0.5, 0.6) is 0 Å². The van der Waals surface area contributed by atoms with Gasteiger partial charge in [-0.25, -0.2) is 0 Å². The summed E-state index contributed by atoms with van der Waals surface area (Å²) in [6, 6.07) is 0.0827. The van der Waals surface area contributed by atoms with Gasteiger partial charge in [0, 0.05) is 12.5 Å². The summed E-state index contributed by atoms with van der Waals surface area (Å²) in [5, 5.41) is 11.8. The van der Waals surface area contributed by atoms with Crippen LogP contribution in [0.3, 0.4) is 0 Å². The first-order valence-corrected chi connectivity index (χ1v) is 7.20. The van der Waals surface area contributed by atoms with E-state index in [1.807, 2.05) is 20.8 Å². The Balaban J connectivity index is 2.37. The number of likely N-dealkylation sites (tertiary alicyclic amines) is 1. The second kappa shape index (κ2) is 7.48. The average Bonchev–Trinajstić information content (AvgIpc) is 2.37. The highest BCUT2D eigenvalue weighted by Crippen LogP contribution is 2.21. The van der Waals surface area contributed by atoms with E-state index >= 15 is 0 Å². The average molecular weight is 270 g/mol. The van der Waals surface area contributed by atoms with Crippen molar-refractivity contribution in [3.05, 3.63) is 0 Å². The topological polar surface area (TPSA) is 69.6 Å². The molecule has 19 heavy (non-hydrogen) atoms. The molecule has 2 N–H and O–H groups in total. The number of amides is 1. The highest BCUT2D eigenvalue weighted by Gasteiger charge is 2.27. The summed E-state index contributed by atoms with van der Waals surface area (Å²) in [7, 11) is 0. The van der Waals surface area contributed by atoms with E-state index in [-0.39, 0.29) is 30.3 Å². The van der Waals surface area contributed by atoms with Crippen molar-refractivity contribution < 1.29 is 14.7 Å². The van der Waals surface area contributed by atoms with E-state index < -0.39 is 5.97 Å². The van der Waals surface area contributed by atoms with Crippen LogP contribution in [0.2, 0.25) is 0 Å². The molecule has 1 rings (SSSR count). The van der Waals surface area contributed by atoms with Gasteiger partial charge >= 0.3 is 5.97 Å². The molecule has 1 aliphatic heterocycles. The third-order valence-electron chi connectivity index (χ3n) is 4.04. The smallest absolute Gasteiger partial charge is 0.303 e. The van der Waals surface area contributed by atoms with E-state index in [9.17, 15) is 9.59 Å². The Kier molecular flexibility index (Phi) is 6.28. The predicted molar refractivity (Wildman–Crippen MR) is 73.9 cm³/mol. The summed E-state index contributed by atoms with van der Waals surface area (Å²) in [6.07, 6.45) is 2.92. The van der Waals surface area contributed by atoms with Crippen molar-refractivity contribution in [1.29, 1.82) is 0 Å². The van der Waals surface area contributed by atoms with E-state index in [1.54, 1.807) is 0 Å². The molecule has 0 bridgehead atoms. The lowest BCUT2D eigenvalue weighted by Gasteiger charge is -2.35. The van der Waals surface area contributed by atoms with Gasteiger partial charge in [-0.05, 0) is 52.1 Å². The molecular formula is C14H26N2O3. The van der Waals surface area contributed by atoms with Gasteiger partial charge in [0.1, 0.15) is 0 Å². The molecule has 5 heteroatoms. The molecule has 0 aromatic rings. The monoisotopic (exact) mass is 270 g/mol. The molecule has 1 amide bonds. The van der Waals surface area contributed by atoms with Crippen molar-refractivity contribution in [2.45, 2.75) is 58.5 Å². The lowest BCUT2D eigenvalue weighted by molar-refractivity contribution is -0.139. The number of carbonyl (C=O) groups is 2. The highest BCUT2D eigenvalue weighted by atomic mass is 16.4. The van der Waals surface area contributed by atoms with Crippen molar-refractivity contribution in [2.24, 2.45) is 5.92 Å². The normalized spacial score (nSPS) is 20.8. The first-order chi connectivity index (χ1) is 8.93. The molecule has 110 valence electrons. The summed E-state index contributed by atoms with van der Waals surface area (Å²) < 4.78 is 0. The molecule has 2 unspecified atom stereocenters. The minimum absolute atomic E-state index is 0.0750. The van der Waals surface area contributed by atoms with Crippen LogP contribution >= 0.6 is 0 Å². The number of nitrogens with one attached hydrogen (secondary N) is 1. The number of piperidine rings is 1. The molecule has 1 heterocycles. The van der Waals surface area contributed by atoms with Gasteiger partial charge in [-0.15, -0.1) is 0 Å². The van der Waals surface area contributed by atoms with Crippen LogP contribution in [0.25, 0.3) is 0 Å². The minimum Gasteiger partial charge on any atom is -0.481 e. The fourth-order valence-electron chi connectivity index (χ4n) is 2.42. The van der Waals surface area contributed by atoms with Crippen molar-refractivity contribution in [3.8, 4) is 0 Å². The Labute approximate surface area is 115 Å². The Morgan fingerprint density at radius 1 is 1.32 bits per heavy atom. The van der Waals surface area contributed by atoms with Gasteiger partial charge in [-0.3, -0.25) is 14.5 Å². The van der Waals surface area contributed by atoms with E-state index in [1.165, 1.54) is 0 Å². The molecule has 0 aromatic heterocycles. The lowest BCUT2D eigenvalue weighted by atomic mass is 9.93. The first kappa shape index (κ1) is 16.0. The predicted octanol–water partition coefficient (Wildman–Crippen LogP) is 1.48. The van der Waals surface area contributed by atoms with Crippen molar-refractivity contribution >= 4 is 11.9 Å². The highest BCUT2D eigenvalue weighted by molar-refractivity contribution is 5.81. The SMILES string of the molecule is CCC(C)NC(=O)C(C)N1CCC(CC(=O)O)CC1. The van der Waals surface area contributed by atoms with Crippen molar-refractivity contribution in [2.75, 3.05) is 13.1 Å². The van der Waals surface area contributed by atoms with Gasteiger partial charge in [-0.2, -0.15) is 0 Å². The summed E-state index contributed by atoms with van der Waals surface area (Å²) in [5.74, 6) is -0.384. The third-order valence-corrected chi connectivity index (χ3v) is 4.04. The number of hydrogen-bond donors (Lipinski definition) is 2. The Morgan fingerprint density at radius 2 is 1.89 bits per heavy atom. The number of nitrogens with zero attached hydrogens (tertiary/aromatic N) is 1. The maximum Gasteiger partial charge on any atom is 0.303 e. The zero-order valence-electron chi connectivity index (χ0n) is 12.2. The number of aliphatic carboxylic acids is 1. The summed E-state index contributed by atoms with van der Waals surface area (Å²) in [5.41, 5.74) is 0. The van der Waals surface area contributed by atoms with Gasteiger partial charge in [-0.1, -0.05) is 6.92 Å². The third kappa shape index (κ3) is 5.19. The maximum atomic E-state index is 12.0. The second-order valence-electron chi connectivity index (χ2n) is 5.57. The van der Waals surface area contributed by atoms with Crippen molar-refractivity contribution in [3.63, 3.8) is 0 Å². The van der Waals surface area contributed by atoms with Gasteiger partial charge in [0.05, 0.1) is 6.04 Å². The maximum absolute atomic E-state index is 12.0. The van der Waals surface area contributed by atoms with E-state index in [2.05, 4.69) is 10.2 Å². The van der Waals surface area contributed by atoms with E-state index in [4.69, 9.17) is 5.11 Å². The number of hydrogen-bond acceptors (Lipinski definition) is 3. The zero-order valence-corrected chi connectivity index (χ0v) is 12.2. The number of rotatable bonds is 6. The molecule has 1 aliphatic rings. The quantitative estimate of drug-likeness (QED) is 0.767. The van der Waals surface area contributed by atoms with E-state index in [0.29, 0.717) is 0 Å². The van der Waals surface area contributed by atoms with Gasteiger partial charge < -0.3 is 10.4 Å². The summed E-state index contributed by atoms with van der Waals surface area (Å²) in [4.78, 5) is 24.8. The number of carboxylic acids is 1. The molecule has 0 radical (unpaired) electrons. The Bertz CT molecular complexity index is 312. The molecule has 1 saturated heterocycles. The van der Waals surface area contributed by atoms with Crippen molar-refractivity contribution in [1.82, 2.24) is 10.2 Å². The molecule has 2 atom stereocenters. The molecule has 5 nitrogen and oxygen atoms in total. The molecule has 0 spiro atoms. The first-order valence-electron chi connectivity index (χ1n) is 7.20. The Hall–Kier alpha value is -1.10. The van der Waals surface area contributed by atoms with Gasteiger partial charge in [0.15, 0.2) is 0 Å². The van der Waals surface area contributed by atoms with Gasteiger partial charge in [0.2, 0.25) is 5.91 Å². The zero-order chi connectivity index (χ0) is 14.4. The second-order valence-corrected chi connectivity index (χ2v) is 5.57. The lowest BCUT2D eigenvalue weighted by Crippen LogP contribution is -2.50. The molecule has 1 fully saturated rings. The fraction of sp³-hybridized carbons (Fsp3) is 0.857. The Morgan fingerprint density at radius 3 is 2.37 bits per heavy atom.